The molecular weight excluding hydrogens is 300 g/mol. The van der Waals surface area contributed by atoms with Gasteiger partial charge in [-0.3, -0.25) is 14.7 Å². The van der Waals surface area contributed by atoms with Gasteiger partial charge in [0.1, 0.15) is 5.82 Å². The lowest BCUT2D eigenvalue weighted by molar-refractivity contribution is -0.114. The van der Waals surface area contributed by atoms with Gasteiger partial charge in [-0.2, -0.15) is 4.39 Å². The maximum Gasteiger partial charge on any atom is 0.262 e. The molecule has 0 fully saturated rings. The quantitative estimate of drug-likeness (QED) is 0.747. The molecular formula is C14H12ClF2N3O. The lowest BCUT2D eigenvalue weighted by Gasteiger charge is -2.37. The zero-order valence-electron chi connectivity index (χ0n) is 11.2. The lowest BCUT2D eigenvalue weighted by Crippen LogP contribution is -2.52. The number of fused-ring (bicyclic) bond motifs is 1. The first kappa shape index (κ1) is 14.0. The van der Waals surface area contributed by atoms with Crippen LogP contribution in [0, 0.1) is 12.7 Å². The molecule has 110 valence electrons. The fourth-order valence-corrected chi connectivity index (χ4v) is 2.52. The zero-order chi connectivity index (χ0) is 15.1. The van der Waals surface area contributed by atoms with Gasteiger partial charge in [-0.1, -0.05) is 11.6 Å². The highest BCUT2D eigenvalue weighted by atomic mass is 35.5. The van der Waals surface area contributed by atoms with Crippen LogP contribution in [0.5, 0.6) is 0 Å². The van der Waals surface area contributed by atoms with E-state index in [4.69, 9.17) is 11.6 Å². The Morgan fingerprint density at radius 1 is 1.33 bits per heavy atom. The Hall–Kier alpha value is -1.95. The van der Waals surface area contributed by atoms with Gasteiger partial charge in [-0.25, -0.2) is 9.29 Å². The van der Waals surface area contributed by atoms with Crippen LogP contribution in [0.25, 0.3) is 0 Å². The van der Waals surface area contributed by atoms with Crippen LogP contribution in [-0.4, -0.2) is 29.9 Å². The molecule has 2 aliphatic heterocycles. The van der Waals surface area contributed by atoms with Crippen molar-refractivity contribution < 1.29 is 13.6 Å². The predicted octanol–water partition coefficient (Wildman–Crippen LogP) is 3.01. The summed E-state index contributed by atoms with van der Waals surface area (Å²) in [5.41, 5.74) is 0.648. The van der Waals surface area contributed by atoms with Gasteiger partial charge in [0.2, 0.25) is 11.9 Å². The van der Waals surface area contributed by atoms with E-state index >= 15 is 0 Å². The number of carbonyl (C=O) groups excluding carboxylic acids is 1. The summed E-state index contributed by atoms with van der Waals surface area (Å²) in [4.78, 5) is 18.6. The van der Waals surface area contributed by atoms with Crippen molar-refractivity contribution in [3.8, 4) is 0 Å². The lowest BCUT2D eigenvalue weighted by atomic mass is 10.1. The Bertz CT molecular complexity index is 687. The monoisotopic (exact) mass is 311 g/mol. The number of amides is 1. The van der Waals surface area contributed by atoms with Gasteiger partial charge >= 0.3 is 0 Å². The maximum absolute atomic E-state index is 14.2. The van der Waals surface area contributed by atoms with Gasteiger partial charge in [0.25, 0.3) is 5.91 Å². The number of halogens is 3. The zero-order valence-corrected chi connectivity index (χ0v) is 12.0. The third kappa shape index (κ3) is 2.29. The van der Waals surface area contributed by atoms with Gasteiger partial charge in [0.15, 0.2) is 0 Å². The van der Waals surface area contributed by atoms with E-state index in [-0.39, 0.29) is 16.7 Å². The summed E-state index contributed by atoms with van der Waals surface area (Å²) >= 11 is 5.87. The van der Waals surface area contributed by atoms with E-state index in [9.17, 15) is 13.6 Å². The van der Waals surface area contributed by atoms with E-state index in [0.717, 1.165) is 17.0 Å². The number of carbonyl (C=O) groups is 1. The Balaban J connectivity index is 2.15. The largest absolute Gasteiger partial charge is 0.288 e. The molecule has 0 bridgehead atoms. The molecule has 21 heavy (non-hydrogen) atoms. The van der Waals surface area contributed by atoms with Crippen LogP contribution >= 0.6 is 11.6 Å². The summed E-state index contributed by atoms with van der Waals surface area (Å²) in [6.45, 7) is 2.58. The molecule has 2 heterocycles. The molecule has 7 heteroatoms. The number of hydrogen-bond acceptors (Lipinski definition) is 3. The number of aliphatic imine (C=N–C) groups is 1. The van der Waals surface area contributed by atoms with Crippen LogP contribution < -0.4 is 4.90 Å². The minimum absolute atomic E-state index is 0.0244. The van der Waals surface area contributed by atoms with Crippen molar-refractivity contribution in [2.45, 2.75) is 13.3 Å². The van der Waals surface area contributed by atoms with E-state index in [1.54, 1.807) is 6.92 Å². The second kappa shape index (κ2) is 5.11. The smallest absolute Gasteiger partial charge is 0.262 e. The SMILES string of the molecule is Cc1cc(N2C(=O)C=C(F)N3CCCN=C32)c(F)cc1Cl. The number of hydrogen-bond donors (Lipinski definition) is 0. The molecule has 0 aliphatic carbocycles. The molecule has 0 radical (unpaired) electrons. The molecule has 0 unspecified atom stereocenters. The van der Waals surface area contributed by atoms with Crippen LogP contribution in [0.15, 0.2) is 29.2 Å². The fraction of sp³-hybridized carbons (Fsp3) is 0.286. The number of rotatable bonds is 1. The second-order valence-corrected chi connectivity index (χ2v) is 5.29. The van der Waals surface area contributed by atoms with Gasteiger partial charge in [0, 0.05) is 18.1 Å². The number of anilines is 1. The number of guanidine groups is 1. The number of benzene rings is 1. The first-order valence-corrected chi connectivity index (χ1v) is 6.86. The second-order valence-electron chi connectivity index (χ2n) is 4.88. The van der Waals surface area contributed by atoms with Gasteiger partial charge < -0.3 is 0 Å². The van der Waals surface area contributed by atoms with Crippen LogP contribution in [-0.2, 0) is 4.79 Å². The van der Waals surface area contributed by atoms with Gasteiger partial charge in [-0.15, -0.1) is 0 Å². The fourth-order valence-electron chi connectivity index (χ4n) is 2.37. The normalized spacial score (nSPS) is 18.4. The maximum atomic E-state index is 14.2. The van der Waals surface area contributed by atoms with Crippen molar-refractivity contribution >= 4 is 29.2 Å². The summed E-state index contributed by atoms with van der Waals surface area (Å²) in [6, 6.07) is 2.60. The van der Waals surface area contributed by atoms with Crippen molar-refractivity contribution in [3.63, 3.8) is 0 Å². The van der Waals surface area contributed by atoms with Crippen molar-refractivity contribution in [3.05, 3.63) is 40.6 Å². The third-order valence-corrected chi connectivity index (χ3v) is 3.83. The van der Waals surface area contributed by atoms with E-state index in [1.807, 2.05) is 0 Å². The molecule has 0 spiro atoms. The standard InChI is InChI=1S/C14H12ClF2N3O/c1-8-5-11(10(16)6-9(8)15)20-13(21)7-12(17)19-4-2-3-18-14(19)20/h5-7H,2-4H2,1H3. The van der Waals surface area contributed by atoms with Crippen molar-refractivity contribution in [1.29, 1.82) is 0 Å². The van der Waals surface area contributed by atoms with E-state index in [1.165, 1.54) is 11.0 Å². The van der Waals surface area contributed by atoms with E-state index < -0.39 is 17.7 Å². The Labute approximate surface area is 125 Å². The van der Waals surface area contributed by atoms with Crippen molar-refractivity contribution in [1.82, 2.24) is 4.90 Å². The summed E-state index contributed by atoms with van der Waals surface area (Å²) in [7, 11) is 0. The van der Waals surface area contributed by atoms with Crippen LogP contribution in [0.4, 0.5) is 14.5 Å². The summed E-state index contributed by atoms with van der Waals surface area (Å²) in [6.07, 6.45) is 1.52. The highest BCUT2D eigenvalue weighted by Crippen LogP contribution is 2.31. The van der Waals surface area contributed by atoms with Crippen molar-refractivity contribution in [2.24, 2.45) is 4.99 Å². The molecule has 1 aromatic carbocycles. The average molecular weight is 312 g/mol. The highest BCUT2D eigenvalue weighted by Gasteiger charge is 2.35. The Morgan fingerprint density at radius 3 is 2.86 bits per heavy atom. The van der Waals surface area contributed by atoms with Crippen LogP contribution in [0.2, 0.25) is 5.02 Å². The molecule has 1 aromatic rings. The van der Waals surface area contributed by atoms with Gasteiger partial charge in [0.05, 0.1) is 11.8 Å². The topological polar surface area (TPSA) is 35.9 Å². The summed E-state index contributed by atoms with van der Waals surface area (Å²) < 4.78 is 28.0. The summed E-state index contributed by atoms with van der Waals surface area (Å²) in [5.74, 6) is -1.86. The Kier molecular flexibility index (Phi) is 3.41. The molecule has 0 atom stereocenters. The first-order chi connectivity index (χ1) is 9.99. The first-order valence-electron chi connectivity index (χ1n) is 6.48. The van der Waals surface area contributed by atoms with Gasteiger partial charge in [-0.05, 0) is 31.0 Å². The van der Waals surface area contributed by atoms with E-state index in [0.29, 0.717) is 25.1 Å². The van der Waals surface area contributed by atoms with Crippen molar-refractivity contribution in [2.75, 3.05) is 18.0 Å². The van der Waals surface area contributed by atoms with Crippen LogP contribution in [0.3, 0.4) is 0 Å². The number of nitrogens with zero attached hydrogens (tertiary/aromatic N) is 3. The molecule has 1 amide bonds. The average Bonchev–Trinajstić information content (AvgIpc) is 2.44. The minimum Gasteiger partial charge on any atom is -0.288 e. The minimum atomic E-state index is -0.666. The predicted molar refractivity (Wildman–Crippen MR) is 76.4 cm³/mol. The Morgan fingerprint density at radius 2 is 2.10 bits per heavy atom. The molecule has 0 saturated heterocycles. The third-order valence-electron chi connectivity index (χ3n) is 3.42. The molecule has 4 nitrogen and oxygen atoms in total. The summed E-state index contributed by atoms with van der Waals surface area (Å²) in [5, 5.41) is 0.268. The molecule has 0 saturated carbocycles. The number of aryl methyl sites for hydroxylation is 1. The van der Waals surface area contributed by atoms with Crippen LogP contribution in [0.1, 0.15) is 12.0 Å². The van der Waals surface area contributed by atoms with E-state index in [2.05, 4.69) is 4.99 Å². The highest BCUT2D eigenvalue weighted by molar-refractivity contribution is 6.31. The molecule has 3 rings (SSSR count). The molecule has 0 aromatic heterocycles. The molecule has 0 N–H and O–H groups in total. The molecule has 2 aliphatic rings.